The van der Waals surface area contributed by atoms with E-state index in [0.717, 1.165) is 51.8 Å². The van der Waals surface area contributed by atoms with Gasteiger partial charge in [-0.2, -0.15) is 0 Å². The van der Waals surface area contributed by atoms with Gasteiger partial charge in [-0.3, -0.25) is 15.0 Å². The number of benzene rings is 9. The van der Waals surface area contributed by atoms with E-state index in [1.165, 1.54) is 77.7 Å². The monoisotopic (exact) mass is 918 g/mol. The number of fused-ring (bicyclic) bond motifs is 9. The maximum atomic E-state index is 5.55. The first-order valence-corrected chi connectivity index (χ1v) is 24.4. The summed E-state index contributed by atoms with van der Waals surface area (Å²) >= 11 is 0. The SMILES string of the molecule is C=NCc1ccc(-c2cc(-c3ccc4c(c3)C(C)(C)c3ccccc3-4)nc3c2cc(-c2ccc4c(c2)C(C)(C)c2ccccc2-4)c2ccccc23)cc1.C=NCc1ccccc1.C=NCc1ccccc1. The summed E-state index contributed by atoms with van der Waals surface area (Å²) in [6, 6.07) is 74.2. The van der Waals surface area contributed by atoms with Crippen LogP contribution in [-0.2, 0) is 30.5 Å². The fourth-order valence-corrected chi connectivity index (χ4v) is 10.8. The summed E-state index contributed by atoms with van der Waals surface area (Å²) in [5.74, 6) is 0. The highest BCUT2D eigenvalue weighted by Gasteiger charge is 2.36. The van der Waals surface area contributed by atoms with Gasteiger partial charge >= 0.3 is 0 Å². The molecule has 4 nitrogen and oxygen atoms in total. The van der Waals surface area contributed by atoms with Gasteiger partial charge in [0, 0.05) is 27.2 Å². The van der Waals surface area contributed by atoms with Crippen molar-refractivity contribution in [2.24, 2.45) is 15.0 Å². The lowest BCUT2D eigenvalue weighted by Crippen LogP contribution is -2.15. The van der Waals surface area contributed by atoms with Crippen LogP contribution in [0.1, 0.15) is 66.6 Å². The van der Waals surface area contributed by atoms with E-state index in [9.17, 15) is 0 Å². The van der Waals surface area contributed by atoms with Crippen molar-refractivity contribution in [3.8, 4) is 55.8 Å². The van der Waals surface area contributed by atoms with Crippen LogP contribution in [0.15, 0.2) is 221 Å². The van der Waals surface area contributed by atoms with Gasteiger partial charge in [-0.25, -0.2) is 4.98 Å². The van der Waals surface area contributed by atoms with Gasteiger partial charge in [-0.1, -0.05) is 210 Å². The minimum Gasteiger partial charge on any atom is -0.296 e. The Hall–Kier alpha value is -8.34. The van der Waals surface area contributed by atoms with Gasteiger partial charge in [-0.15, -0.1) is 0 Å². The number of hydrogen-bond acceptors (Lipinski definition) is 4. The van der Waals surface area contributed by atoms with Crippen molar-refractivity contribution in [2.45, 2.75) is 58.2 Å². The average molecular weight is 919 g/mol. The van der Waals surface area contributed by atoms with Crippen LogP contribution in [0.25, 0.3) is 77.4 Å². The van der Waals surface area contributed by atoms with E-state index in [4.69, 9.17) is 4.98 Å². The van der Waals surface area contributed by atoms with Crippen molar-refractivity contribution in [3.05, 3.63) is 245 Å². The molecule has 0 unspecified atom stereocenters. The number of aliphatic imine (C=N–C) groups is 3. The third-order valence-electron chi connectivity index (χ3n) is 14.4. The lowest BCUT2D eigenvalue weighted by atomic mass is 9.81. The molecule has 0 N–H and O–H groups in total. The Bertz CT molecular complexity index is 3560. The quantitative estimate of drug-likeness (QED) is 0.105. The van der Waals surface area contributed by atoms with Crippen LogP contribution in [0.5, 0.6) is 0 Å². The van der Waals surface area contributed by atoms with Crippen molar-refractivity contribution in [1.82, 2.24) is 4.98 Å². The molecule has 0 amide bonds. The molecule has 0 saturated carbocycles. The molecule has 2 aliphatic carbocycles. The van der Waals surface area contributed by atoms with Crippen LogP contribution in [0.2, 0.25) is 0 Å². The molecule has 0 atom stereocenters. The lowest BCUT2D eigenvalue weighted by Gasteiger charge is -2.22. The summed E-state index contributed by atoms with van der Waals surface area (Å²) in [4.78, 5) is 17.2. The van der Waals surface area contributed by atoms with Gasteiger partial charge in [0.15, 0.2) is 0 Å². The summed E-state index contributed by atoms with van der Waals surface area (Å²) < 4.78 is 0. The van der Waals surface area contributed by atoms with Crippen LogP contribution in [0, 0.1) is 0 Å². The highest BCUT2D eigenvalue weighted by molar-refractivity contribution is 6.16. The number of nitrogens with zero attached hydrogens (tertiary/aromatic N) is 4. The molecule has 0 bridgehead atoms. The van der Waals surface area contributed by atoms with Crippen LogP contribution >= 0.6 is 0 Å². The Labute approximate surface area is 418 Å². The maximum absolute atomic E-state index is 5.55. The predicted octanol–water partition coefficient (Wildman–Crippen LogP) is 17.0. The molecule has 12 rings (SSSR count). The first-order chi connectivity index (χ1) is 34.6. The molecule has 1 aromatic heterocycles. The second kappa shape index (κ2) is 19.6. The normalized spacial score (nSPS) is 13.1. The summed E-state index contributed by atoms with van der Waals surface area (Å²) in [6.45, 7) is 22.0. The molecule has 9 aromatic carbocycles. The molecule has 2 aliphatic rings. The Morgan fingerprint density at radius 3 is 1.28 bits per heavy atom. The molecule has 71 heavy (non-hydrogen) atoms. The number of pyridine rings is 1. The standard InChI is InChI=1S/C51H40N2.2C8H9N/c1-50(2)44-16-10-8-13-36(44)38-24-22-33(26-46(38)50)41-28-43-42(32-20-18-31(19-21-32)30-52-5)29-48(53-49(43)40-15-7-6-12-35(40)41)34-23-25-39-37-14-9-11-17-45(37)51(3,4)47(39)27-34;2*1-9-7-8-5-3-2-4-6-8/h6-29H,5,30H2,1-4H3;2*2-6H,1,7H2. The summed E-state index contributed by atoms with van der Waals surface area (Å²) in [5.41, 5.74) is 22.1. The molecule has 0 saturated heterocycles. The minimum atomic E-state index is -0.0932. The Balaban J connectivity index is 0.000000272. The van der Waals surface area contributed by atoms with Gasteiger partial charge in [-0.05, 0) is 133 Å². The largest absolute Gasteiger partial charge is 0.296 e. The van der Waals surface area contributed by atoms with Crippen molar-refractivity contribution >= 4 is 41.8 Å². The first kappa shape index (κ1) is 46.4. The van der Waals surface area contributed by atoms with E-state index in [1.54, 1.807) is 0 Å². The molecular weight excluding hydrogens is 861 g/mol. The highest BCUT2D eigenvalue weighted by Crippen LogP contribution is 2.52. The first-order valence-electron chi connectivity index (χ1n) is 24.4. The molecular formula is C67H58N4. The maximum Gasteiger partial charge on any atom is 0.0794 e. The topological polar surface area (TPSA) is 50.0 Å². The second-order valence-corrected chi connectivity index (χ2v) is 19.6. The number of aromatic nitrogens is 1. The molecule has 346 valence electrons. The van der Waals surface area contributed by atoms with E-state index in [1.807, 2.05) is 60.7 Å². The minimum absolute atomic E-state index is 0.0793. The van der Waals surface area contributed by atoms with Crippen LogP contribution in [-0.4, -0.2) is 25.1 Å². The van der Waals surface area contributed by atoms with Crippen molar-refractivity contribution in [2.75, 3.05) is 0 Å². The van der Waals surface area contributed by atoms with Crippen LogP contribution < -0.4 is 0 Å². The molecule has 0 aliphatic heterocycles. The van der Waals surface area contributed by atoms with Gasteiger partial charge in [0.25, 0.3) is 0 Å². The summed E-state index contributed by atoms with van der Waals surface area (Å²) in [5, 5.41) is 3.52. The smallest absolute Gasteiger partial charge is 0.0794 e. The van der Waals surface area contributed by atoms with Gasteiger partial charge in [0.05, 0.1) is 30.8 Å². The third-order valence-corrected chi connectivity index (χ3v) is 14.4. The number of rotatable bonds is 9. The fraction of sp³-hybridized carbons (Fsp3) is 0.134. The predicted molar refractivity (Wildman–Crippen MR) is 303 cm³/mol. The molecule has 1 heterocycles. The third kappa shape index (κ3) is 8.83. The Kier molecular flexibility index (Phi) is 12.8. The molecule has 4 heteroatoms. The molecule has 0 radical (unpaired) electrons. The zero-order valence-electron chi connectivity index (χ0n) is 41.2. The molecule has 0 spiro atoms. The van der Waals surface area contributed by atoms with E-state index in [2.05, 4.69) is 208 Å². The molecule has 10 aromatic rings. The zero-order chi connectivity index (χ0) is 49.1. The zero-order valence-corrected chi connectivity index (χ0v) is 41.2. The van der Waals surface area contributed by atoms with Gasteiger partial charge in [0.1, 0.15) is 0 Å². The van der Waals surface area contributed by atoms with E-state index in [0.29, 0.717) is 6.54 Å². The van der Waals surface area contributed by atoms with Crippen molar-refractivity contribution in [1.29, 1.82) is 0 Å². The summed E-state index contributed by atoms with van der Waals surface area (Å²) in [7, 11) is 0. The highest BCUT2D eigenvalue weighted by atomic mass is 14.7. The molecule has 0 fully saturated rings. The fourth-order valence-electron chi connectivity index (χ4n) is 10.8. The Morgan fingerprint density at radius 1 is 0.338 bits per heavy atom. The van der Waals surface area contributed by atoms with Crippen molar-refractivity contribution in [3.63, 3.8) is 0 Å². The van der Waals surface area contributed by atoms with Gasteiger partial charge in [0.2, 0.25) is 0 Å². The van der Waals surface area contributed by atoms with Crippen LogP contribution in [0.3, 0.4) is 0 Å². The van der Waals surface area contributed by atoms with E-state index in [-0.39, 0.29) is 10.8 Å². The Morgan fingerprint density at radius 2 is 0.746 bits per heavy atom. The lowest BCUT2D eigenvalue weighted by molar-refractivity contribution is 0.660. The van der Waals surface area contributed by atoms with E-state index < -0.39 is 0 Å². The summed E-state index contributed by atoms with van der Waals surface area (Å²) in [6.07, 6.45) is 0. The van der Waals surface area contributed by atoms with E-state index >= 15 is 0 Å². The number of hydrogen-bond donors (Lipinski definition) is 0. The van der Waals surface area contributed by atoms with Crippen LogP contribution in [0.4, 0.5) is 0 Å². The second-order valence-electron chi connectivity index (χ2n) is 19.6. The van der Waals surface area contributed by atoms with Crippen molar-refractivity contribution < 1.29 is 0 Å². The van der Waals surface area contributed by atoms with Gasteiger partial charge < -0.3 is 0 Å². The average Bonchev–Trinajstić information content (AvgIpc) is 3.78.